The van der Waals surface area contributed by atoms with Crippen LogP contribution in [0.2, 0.25) is 0 Å². The third-order valence-corrected chi connectivity index (χ3v) is 4.41. The molecule has 2 N–H and O–H groups in total. The first kappa shape index (κ1) is 14.1. The first-order valence-electron chi connectivity index (χ1n) is 7.38. The summed E-state index contributed by atoms with van der Waals surface area (Å²) in [5.74, 6) is 0.316. The Kier molecular flexibility index (Phi) is 4.26. The topological polar surface area (TPSA) is 67.6 Å². The van der Waals surface area contributed by atoms with Crippen LogP contribution in [0.25, 0.3) is 0 Å². The van der Waals surface area contributed by atoms with Gasteiger partial charge in [-0.15, -0.1) is 0 Å². The van der Waals surface area contributed by atoms with E-state index >= 15 is 0 Å². The molecule has 2 rings (SSSR count). The highest BCUT2D eigenvalue weighted by Crippen LogP contribution is 2.35. The lowest BCUT2D eigenvalue weighted by atomic mass is 9.87. The summed E-state index contributed by atoms with van der Waals surface area (Å²) in [6.07, 6.45) is 5.93. The van der Waals surface area contributed by atoms with Gasteiger partial charge >= 0.3 is 0 Å². The van der Waals surface area contributed by atoms with Crippen LogP contribution in [0.5, 0.6) is 0 Å². The lowest BCUT2D eigenvalue weighted by molar-refractivity contribution is 0.343. The van der Waals surface area contributed by atoms with Crippen LogP contribution in [0.4, 0.5) is 0 Å². The zero-order valence-corrected chi connectivity index (χ0v) is 12.0. The van der Waals surface area contributed by atoms with Gasteiger partial charge in [0, 0.05) is 12.2 Å². The molecule has 19 heavy (non-hydrogen) atoms. The molecule has 0 amide bonds. The zero-order valence-electron chi connectivity index (χ0n) is 12.0. The predicted molar refractivity (Wildman–Crippen MR) is 75.5 cm³/mol. The molecule has 1 aromatic rings. The van der Waals surface area contributed by atoms with Crippen LogP contribution in [0.1, 0.15) is 50.9 Å². The summed E-state index contributed by atoms with van der Waals surface area (Å²) in [7, 11) is 0. The lowest BCUT2D eigenvalue weighted by Gasteiger charge is -2.23. The largest absolute Gasteiger partial charge is 0.313 e. The Balaban J connectivity index is 2.03. The van der Waals surface area contributed by atoms with E-state index in [4.69, 9.17) is 5.73 Å². The molecule has 1 saturated carbocycles. The van der Waals surface area contributed by atoms with Crippen molar-refractivity contribution in [3.63, 3.8) is 0 Å². The normalized spacial score (nSPS) is 26.5. The van der Waals surface area contributed by atoms with Gasteiger partial charge in [0.2, 0.25) is 0 Å². The minimum Gasteiger partial charge on any atom is -0.313 e. The Bertz CT molecular complexity index is 471. The average molecular weight is 260 g/mol. The van der Waals surface area contributed by atoms with E-state index in [9.17, 15) is 5.26 Å². The van der Waals surface area contributed by atoms with E-state index in [-0.39, 0.29) is 0 Å². The van der Waals surface area contributed by atoms with Gasteiger partial charge in [-0.05, 0) is 44.1 Å². The second kappa shape index (κ2) is 5.75. The average Bonchev–Trinajstić information content (AvgIpc) is 3.00. The summed E-state index contributed by atoms with van der Waals surface area (Å²) in [4.78, 5) is 0. The molecular formula is C15H24N4. The fourth-order valence-electron chi connectivity index (χ4n) is 3.10. The molecule has 2 unspecified atom stereocenters. The van der Waals surface area contributed by atoms with Crippen LogP contribution in [0.3, 0.4) is 0 Å². The summed E-state index contributed by atoms with van der Waals surface area (Å²) < 4.78 is 2.11. The SMILES string of the molecule is CCc1cc(CC)n(CCC2CCCC2(N)C#N)n1. The second-order valence-corrected chi connectivity index (χ2v) is 5.59. The Morgan fingerprint density at radius 3 is 2.95 bits per heavy atom. The van der Waals surface area contributed by atoms with Gasteiger partial charge in [0.15, 0.2) is 0 Å². The number of hydrogen-bond donors (Lipinski definition) is 1. The fraction of sp³-hybridized carbons (Fsp3) is 0.733. The molecule has 0 bridgehead atoms. The maximum atomic E-state index is 9.24. The lowest BCUT2D eigenvalue weighted by Crippen LogP contribution is -2.42. The van der Waals surface area contributed by atoms with Gasteiger partial charge in [0.1, 0.15) is 5.54 Å². The van der Waals surface area contributed by atoms with Gasteiger partial charge in [-0.25, -0.2) is 0 Å². The number of nitriles is 1. The van der Waals surface area contributed by atoms with Crippen molar-refractivity contribution in [2.24, 2.45) is 11.7 Å². The van der Waals surface area contributed by atoms with E-state index in [1.54, 1.807) is 0 Å². The Morgan fingerprint density at radius 2 is 2.32 bits per heavy atom. The van der Waals surface area contributed by atoms with Crippen LogP contribution in [-0.4, -0.2) is 15.3 Å². The summed E-state index contributed by atoms with van der Waals surface area (Å²) in [6, 6.07) is 4.51. The summed E-state index contributed by atoms with van der Waals surface area (Å²) in [5, 5.41) is 13.9. The molecule has 4 nitrogen and oxygen atoms in total. The van der Waals surface area contributed by atoms with Crippen LogP contribution < -0.4 is 5.73 Å². The molecule has 0 saturated heterocycles. The molecule has 1 aliphatic rings. The minimum absolute atomic E-state index is 0.316. The number of hydrogen-bond acceptors (Lipinski definition) is 3. The van der Waals surface area contributed by atoms with E-state index in [1.807, 2.05) is 0 Å². The summed E-state index contributed by atoms with van der Waals surface area (Å²) >= 11 is 0. The molecule has 104 valence electrons. The predicted octanol–water partition coefficient (Wildman–Crippen LogP) is 2.42. The highest BCUT2D eigenvalue weighted by Gasteiger charge is 2.39. The van der Waals surface area contributed by atoms with Crippen molar-refractivity contribution in [1.82, 2.24) is 9.78 Å². The smallest absolute Gasteiger partial charge is 0.107 e. The van der Waals surface area contributed by atoms with Crippen LogP contribution in [-0.2, 0) is 19.4 Å². The summed E-state index contributed by atoms with van der Waals surface area (Å²) in [6.45, 7) is 5.17. The Labute approximate surface area is 115 Å². The van der Waals surface area contributed by atoms with Crippen LogP contribution in [0, 0.1) is 17.2 Å². The van der Waals surface area contributed by atoms with Crippen LogP contribution >= 0.6 is 0 Å². The van der Waals surface area contributed by atoms with Gasteiger partial charge in [0.05, 0.1) is 11.8 Å². The van der Waals surface area contributed by atoms with E-state index in [0.717, 1.165) is 50.8 Å². The molecular weight excluding hydrogens is 236 g/mol. The third kappa shape index (κ3) is 2.82. The molecule has 4 heteroatoms. The van der Waals surface area contributed by atoms with Crippen molar-refractivity contribution in [2.45, 2.75) is 64.5 Å². The maximum Gasteiger partial charge on any atom is 0.107 e. The zero-order chi connectivity index (χ0) is 13.9. The highest BCUT2D eigenvalue weighted by molar-refractivity contribution is 5.13. The molecule has 0 aliphatic heterocycles. The maximum absolute atomic E-state index is 9.24. The van der Waals surface area contributed by atoms with Crippen molar-refractivity contribution in [3.05, 3.63) is 17.5 Å². The van der Waals surface area contributed by atoms with E-state index < -0.39 is 5.54 Å². The fourth-order valence-corrected chi connectivity index (χ4v) is 3.10. The van der Waals surface area contributed by atoms with Crippen molar-refractivity contribution >= 4 is 0 Å². The third-order valence-electron chi connectivity index (χ3n) is 4.41. The highest BCUT2D eigenvalue weighted by atomic mass is 15.3. The first-order valence-corrected chi connectivity index (χ1v) is 7.38. The molecule has 1 aromatic heterocycles. The van der Waals surface area contributed by atoms with Gasteiger partial charge < -0.3 is 5.73 Å². The first-order chi connectivity index (χ1) is 9.12. The molecule has 1 fully saturated rings. The van der Waals surface area contributed by atoms with Crippen molar-refractivity contribution in [3.8, 4) is 6.07 Å². The minimum atomic E-state index is -0.604. The number of aromatic nitrogens is 2. The van der Waals surface area contributed by atoms with E-state index in [0.29, 0.717) is 5.92 Å². The second-order valence-electron chi connectivity index (χ2n) is 5.59. The molecule has 1 aliphatic carbocycles. The van der Waals surface area contributed by atoms with Gasteiger partial charge in [-0.3, -0.25) is 4.68 Å². The summed E-state index contributed by atoms with van der Waals surface area (Å²) in [5.41, 5.74) is 8.02. The Hall–Kier alpha value is -1.34. The van der Waals surface area contributed by atoms with Crippen LogP contribution in [0.15, 0.2) is 6.07 Å². The quantitative estimate of drug-likeness (QED) is 0.884. The number of aryl methyl sites for hydroxylation is 3. The molecule has 0 radical (unpaired) electrons. The number of nitrogens with two attached hydrogens (primary N) is 1. The molecule has 1 heterocycles. The van der Waals surface area contributed by atoms with Crippen molar-refractivity contribution < 1.29 is 0 Å². The van der Waals surface area contributed by atoms with Gasteiger partial charge in [0.25, 0.3) is 0 Å². The molecule has 2 atom stereocenters. The number of rotatable bonds is 5. The standard InChI is InChI=1S/C15H24N4/c1-3-13-10-14(4-2)19(18-13)9-7-12-6-5-8-15(12,17)11-16/h10,12H,3-9,17H2,1-2H3. The van der Waals surface area contributed by atoms with Crippen molar-refractivity contribution in [1.29, 1.82) is 5.26 Å². The number of nitrogens with zero attached hydrogens (tertiary/aromatic N) is 3. The Morgan fingerprint density at radius 1 is 1.53 bits per heavy atom. The monoisotopic (exact) mass is 260 g/mol. The van der Waals surface area contributed by atoms with E-state index in [2.05, 4.69) is 35.8 Å². The van der Waals surface area contributed by atoms with Gasteiger partial charge in [-0.2, -0.15) is 10.4 Å². The van der Waals surface area contributed by atoms with Crippen molar-refractivity contribution in [2.75, 3.05) is 0 Å². The van der Waals surface area contributed by atoms with E-state index in [1.165, 1.54) is 5.69 Å². The van der Waals surface area contributed by atoms with Gasteiger partial charge in [-0.1, -0.05) is 20.3 Å². The molecule has 0 aromatic carbocycles. The molecule has 0 spiro atoms.